The van der Waals surface area contributed by atoms with E-state index in [0.717, 1.165) is 5.56 Å². The number of urea groups is 1. The molecule has 0 spiro atoms. The lowest BCUT2D eigenvalue weighted by atomic mass is 9.97. The molecule has 5 heteroatoms. The first-order valence-corrected chi connectivity index (χ1v) is 6.72. The lowest BCUT2D eigenvalue weighted by molar-refractivity contribution is -0.142. The van der Waals surface area contributed by atoms with Crippen molar-refractivity contribution in [3.63, 3.8) is 0 Å². The van der Waals surface area contributed by atoms with Crippen LogP contribution in [-0.4, -0.2) is 23.7 Å². The molecule has 1 atom stereocenters. The Kier molecular flexibility index (Phi) is 6.03. The summed E-state index contributed by atoms with van der Waals surface area (Å²) < 4.78 is 0. The number of anilines is 1. The third-order valence-electron chi connectivity index (χ3n) is 2.92. The van der Waals surface area contributed by atoms with Crippen LogP contribution >= 0.6 is 0 Å². The highest BCUT2D eigenvalue weighted by atomic mass is 16.4. The minimum absolute atomic E-state index is 0.130. The normalized spacial score (nSPS) is 12.0. The number of hydrogen-bond donors (Lipinski definition) is 3. The van der Waals surface area contributed by atoms with Crippen LogP contribution in [0.3, 0.4) is 0 Å². The van der Waals surface area contributed by atoms with Gasteiger partial charge in [0.15, 0.2) is 0 Å². The molecule has 3 N–H and O–H groups in total. The number of benzene rings is 1. The average Bonchev–Trinajstić information content (AvgIpc) is 2.36. The molecule has 0 aliphatic carbocycles. The zero-order valence-electron chi connectivity index (χ0n) is 12.1. The quantitative estimate of drug-likeness (QED) is 0.748. The molecule has 0 saturated carbocycles. The van der Waals surface area contributed by atoms with Crippen molar-refractivity contribution in [3.05, 3.63) is 29.8 Å². The van der Waals surface area contributed by atoms with Crippen LogP contribution in [0.5, 0.6) is 0 Å². The van der Waals surface area contributed by atoms with Crippen LogP contribution in [0, 0.1) is 18.8 Å². The molecule has 0 fully saturated rings. The summed E-state index contributed by atoms with van der Waals surface area (Å²) in [7, 11) is 0. The first kappa shape index (κ1) is 16.0. The topological polar surface area (TPSA) is 78.4 Å². The first-order chi connectivity index (χ1) is 9.38. The van der Waals surface area contributed by atoms with E-state index in [1.54, 1.807) is 12.1 Å². The minimum atomic E-state index is -0.880. The lowest BCUT2D eigenvalue weighted by Crippen LogP contribution is -2.36. The van der Waals surface area contributed by atoms with Gasteiger partial charge in [-0.15, -0.1) is 0 Å². The Morgan fingerprint density at radius 1 is 1.20 bits per heavy atom. The second-order valence-corrected chi connectivity index (χ2v) is 5.37. The van der Waals surface area contributed by atoms with Gasteiger partial charge in [0.05, 0.1) is 5.92 Å². The molecule has 0 bridgehead atoms. The summed E-state index contributed by atoms with van der Waals surface area (Å²) in [6.45, 7) is 6.02. The number of rotatable bonds is 6. The highest BCUT2D eigenvalue weighted by Gasteiger charge is 2.19. The van der Waals surface area contributed by atoms with Crippen molar-refractivity contribution in [2.24, 2.45) is 11.8 Å². The van der Waals surface area contributed by atoms with E-state index in [0.29, 0.717) is 12.1 Å². The van der Waals surface area contributed by atoms with Crippen LogP contribution in [0.15, 0.2) is 24.3 Å². The summed E-state index contributed by atoms with van der Waals surface area (Å²) in [5.74, 6) is -1.16. The Bertz CT molecular complexity index is 455. The SMILES string of the molecule is Cc1ccc(NC(=O)NCC(CC(C)C)C(=O)O)cc1. The van der Waals surface area contributed by atoms with E-state index in [2.05, 4.69) is 10.6 Å². The molecule has 0 heterocycles. The molecule has 2 amide bonds. The molecule has 0 aliphatic rings. The van der Waals surface area contributed by atoms with Crippen molar-refractivity contribution < 1.29 is 14.7 Å². The first-order valence-electron chi connectivity index (χ1n) is 6.72. The average molecular weight is 278 g/mol. The number of carboxylic acids is 1. The van der Waals surface area contributed by atoms with E-state index in [4.69, 9.17) is 5.11 Å². The molecule has 0 saturated heterocycles. The molecular formula is C15H22N2O3. The Morgan fingerprint density at radius 2 is 1.80 bits per heavy atom. The monoisotopic (exact) mass is 278 g/mol. The predicted octanol–water partition coefficient (Wildman–Crippen LogP) is 2.86. The highest BCUT2D eigenvalue weighted by molar-refractivity contribution is 5.89. The van der Waals surface area contributed by atoms with Gasteiger partial charge in [0.25, 0.3) is 0 Å². The Morgan fingerprint density at radius 3 is 2.30 bits per heavy atom. The highest BCUT2D eigenvalue weighted by Crippen LogP contribution is 2.11. The standard InChI is InChI=1S/C15H22N2O3/c1-10(2)8-12(14(18)19)9-16-15(20)17-13-6-4-11(3)5-7-13/h4-7,10,12H,8-9H2,1-3H3,(H,18,19)(H2,16,17,20). The number of nitrogens with one attached hydrogen (secondary N) is 2. The van der Waals surface area contributed by atoms with E-state index >= 15 is 0 Å². The van der Waals surface area contributed by atoms with Crippen LogP contribution in [0.2, 0.25) is 0 Å². The smallest absolute Gasteiger partial charge is 0.319 e. The maximum Gasteiger partial charge on any atom is 0.319 e. The summed E-state index contributed by atoms with van der Waals surface area (Å²) in [4.78, 5) is 22.8. The molecule has 110 valence electrons. The van der Waals surface area contributed by atoms with E-state index in [1.165, 1.54) is 0 Å². The molecule has 1 unspecified atom stereocenters. The fourth-order valence-electron chi connectivity index (χ4n) is 1.87. The maximum atomic E-state index is 11.7. The largest absolute Gasteiger partial charge is 0.481 e. The van der Waals surface area contributed by atoms with Gasteiger partial charge in [-0.3, -0.25) is 4.79 Å². The van der Waals surface area contributed by atoms with Gasteiger partial charge in [0, 0.05) is 12.2 Å². The zero-order chi connectivity index (χ0) is 15.1. The summed E-state index contributed by atoms with van der Waals surface area (Å²) in [5.41, 5.74) is 1.79. The molecule has 1 aromatic carbocycles. The number of hydrogen-bond acceptors (Lipinski definition) is 2. The molecule has 1 aromatic rings. The van der Waals surface area contributed by atoms with Crippen LogP contribution in [0.25, 0.3) is 0 Å². The van der Waals surface area contributed by atoms with Crippen LogP contribution in [0.4, 0.5) is 10.5 Å². The summed E-state index contributed by atoms with van der Waals surface area (Å²) in [6, 6.07) is 7.02. The molecule has 20 heavy (non-hydrogen) atoms. The molecule has 0 aromatic heterocycles. The molecule has 0 radical (unpaired) electrons. The number of amides is 2. The fraction of sp³-hybridized carbons (Fsp3) is 0.467. The van der Waals surface area contributed by atoms with E-state index in [-0.39, 0.29) is 18.5 Å². The van der Waals surface area contributed by atoms with Crippen LogP contribution in [0.1, 0.15) is 25.8 Å². The van der Waals surface area contributed by atoms with Gasteiger partial charge in [-0.05, 0) is 31.4 Å². The van der Waals surface area contributed by atoms with Crippen LogP contribution in [-0.2, 0) is 4.79 Å². The van der Waals surface area contributed by atoms with E-state index in [9.17, 15) is 9.59 Å². The van der Waals surface area contributed by atoms with Gasteiger partial charge in [-0.2, -0.15) is 0 Å². The van der Waals surface area contributed by atoms with E-state index in [1.807, 2.05) is 32.9 Å². The summed E-state index contributed by atoms with van der Waals surface area (Å²) in [6.07, 6.45) is 0.542. The van der Waals surface area contributed by atoms with Crippen LogP contribution < -0.4 is 10.6 Å². The van der Waals surface area contributed by atoms with Crippen molar-refractivity contribution in [3.8, 4) is 0 Å². The van der Waals surface area contributed by atoms with Gasteiger partial charge in [0.2, 0.25) is 0 Å². The van der Waals surface area contributed by atoms with Gasteiger partial charge in [-0.25, -0.2) is 4.79 Å². The van der Waals surface area contributed by atoms with Gasteiger partial charge < -0.3 is 15.7 Å². The van der Waals surface area contributed by atoms with E-state index < -0.39 is 11.9 Å². The number of aliphatic carboxylic acids is 1. The minimum Gasteiger partial charge on any atom is -0.481 e. The third-order valence-corrected chi connectivity index (χ3v) is 2.92. The van der Waals surface area contributed by atoms with Crippen molar-refractivity contribution in [2.75, 3.05) is 11.9 Å². The molecule has 5 nitrogen and oxygen atoms in total. The fourth-order valence-corrected chi connectivity index (χ4v) is 1.87. The van der Waals surface area contributed by atoms with Gasteiger partial charge in [-0.1, -0.05) is 31.5 Å². The third kappa shape index (κ3) is 5.73. The number of carboxylic acid groups (broad SMARTS) is 1. The van der Waals surface area contributed by atoms with Gasteiger partial charge in [0.1, 0.15) is 0 Å². The van der Waals surface area contributed by atoms with Crippen molar-refractivity contribution >= 4 is 17.7 Å². The Balaban J connectivity index is 2.45. The second-order valence-electron chi connectivity index (χ2n) is 5.37. The number of aryl methyl sites for hydroxylation is 1. The maximum absolute atomic E-state index is 11.7. The number of carbonyl (C=O) groups excluding carboxylic acids is 1. The summed E-state index contributed by atoms with van der Waals surface area (Å²) >= 11 is 0. The summed E-state index contributed by atoms with van der Waals surface area (Å²) in [5, 5.41) is 14.4. The number of carbonyl (C=O) groups is 2. The van der Waals surface area contributed by atoms with Crippen molar-refractivity contribution in [1.82, 2.24) is 5.32 Å². The second kappa shape index (κ2) is 7.53. The lowest BCUT2D eigenvalue weighted by Gasteiger charge is -2.15. The zero-order valence-corrected chi connectivity index (χ0v) is 12.1. The molecular weight excluding hydrogens is 256 g/mol. The molecule has 0 aliphatic heterocycles. The Hall–Kier alpha value is -2.04. The Labute approximate surface area is 119 Å². The van der Waals surface area contributed by atoms with Crippen molar-refractivity contribution in [2.45, 2.75) is 27.2 Å². The van der Waals surface area contributed by atoms with Gasteiger partial charge >= 0.3 is 12.0 Å². The predicted molar refractivity (Wildman–Crippen MR) is 78.8 cm³/mol. The van der Waals surface area contributed by atoms with Crippen molar-refractivity contribution in [1.29, 1.82) is 0 Å². The molecule has 1 rings (SSSR count).